The van der Waals surface area contributed by atoms with Crippen LogP contribution in [-0.2, 0) is 11.3 Å². The minimum atomic E-state index is -1.68. The summed E-state index contributed by atoms with van der Waals surface area (Å²) in [6.07, 6.45) is 1.50. The van der Waals surface area contributed by atoms with E-state index in [0.29, 0.717) is 12.1 Å². The molecular formula is C27H20F4N2O3. The largest absolute Gasteiger partial charge is 0.461 e. The van der Waals surface area contributed by atoms with E-state index in [0.717, 1.165) is 5.56 Å². The first-order chi connectivity index (χ1) is 17.3. The quantitative estimate of drug-likeness (QED) is 0.189. The Morgan fingerprint density at radius 3 is 2.33 bits per heavy atom. The van der Waals surface area contributed by atoms with Crippen molar-refractivity contribution < 1.29 is 31.9 Å². The van der Waals surface area contributed by atoms with Crippen molar-refractivity contribution in [2.75, 3.05) is 11.9 Å². The third-order valence-corrected chi connectivity index (χ3v) is 5.39. The van der Waals surface area contributed by atoms with Gasteiger partial charge >= 0.3 is 5.97 Å². The van der Waals surface area contributed by atoms with E-state index in [1.54, 1.807) is 25.1 Å². The molecule has 3 aromatic carbocycles. The number of nitrogens with zero attached hydrogens (tertiary/aromatic N) is 1. The first-order valence-corrected chi connectivity index (χ1v) is 10.9. The van der Waals surface area contributed by atoms with E-state index in [2.05, 4.69) is 5.32 Å². The van der Waals surface area contributed by atoms with E-state index >= 15 is 0 Å². The zero-order chi connectivity index (χ0) is 25.8. The van der Waals surface area contributed by atoms with Crippen LogP contribution < -0.4 is 5.32 Å². The average molecular weight is 496 g/mol. The smallest absolute Gasteiger partial charge is 0.357 e. The van der Waals surface area contributed by atoms with Crippen molar-refractivity contribution in [3.8, 4) is 11.1 Å². The number of carbonyl (C=O) groups excluding carboxylic acids is 2. The van der Waals surface area contributed by atoms with E-state index in [4.69, 9.17) is 4.74 Å². The molecule has 184 valence electrons. The normalized spacial score (nSPS) is 10.8. The van der Waals surface area contributed by atoms with Gasteiger partial charge in [0, 0.05) is 18.3 Å². The third-order valence-electron chi connectivity index (χ3n) is 5.39. The van der Waals surface area contributed by atoms with Crippen molar-refractivity contribution in [3.63, 3.8) is 0 Å². The van der Waals surface area contributed by atoms with Gasteiger partial charge in [0.2, 0.25) is 0 Å². The van der Waals surface area contributed by atoms with Crippen molar-refractivity contribution in [1.82, 2.24) is 4.57 Å². The predicted molar refractivity (Wildman–Crippen MR) is 126 cm³/mol. The van der Waals surface area contributed by atoms with Crippen molar-refractivity contribution >= 4 is 17.6 Å². The molecule has 0 atom stereocenters. The van der Waals surface area contributed by atoms with Crippen molar-refractivity contribution in [2.24, 2.45) is 0 Å². The van der Waals surface area contributed by atoms with Crippen LogP contribution in [0.15, 0.2) is 72.9 Å². The molecule has 1 aromatic heterocycles. The highest BCUT2D eigenvalue weighted by molar-refractivity contribution is 6.11. The Morgan fingerprint density at radius 1 is 0.917 bits per heavy atom. The lowest BCUT2D eigenvalue weighted by molar-refractivity contribution is 0.0515. The Labute approximate surface area is 203 Å². The van der Waals surface area contributed by atoms with Crippen LogP contribution in [0.2, 0.25) is 0 Å². The molecule has 4 aromatic rings. The van der Waals surface area contributed by atoms with E-state index in [1.807, 2.05) is 18.2 Å². The number of ether oxygens (including phenoxy) is 1. The standard InChI is InChI=1S/C27H20F4N2O3/c1-2-36-27(35)25-24(32-26(34)22-20(29)11-12-21(30)23(22)31)19(17-9-6-10-18(28)13-17)15-33(25)14-16-7-4-3-5-8-16/h3-13,15H,2,14H2,1H3,(H,32,34). The molecule has 0 fully saturated rings. The van der Waals surface area contributed by atoms with Crippen molar-refractivity contribution in [2.45, 2.75) is 13.5 Å². The van der Waals surface area contributed by atoms with Crippen molar-refractivity contribution in [3.05, 3.63) is 113 Å². The zero-order valence-corrected chi connectivity index (χ0v) is 19.0. The molecule has 0 radical (unpaired) electrons. The number of rotatable bonds is 7. The predicted octanol–water partition coefficient (Wildman–Crippen LogP) is 6.19. The Kier molecular flexibility index (Phi) is 7.19. The molecule has 1 heterocycles. The van der Waals surface area contributed by atoms with Gasteiger partial charge in [0.1, 0.15) is 17.2 Å². The molecule has 0 spiro atoms. The maximum Gasteiger partial charge on any atom is 0.357 e. The van der Waals surface area contributed by atoms with Gasteiger partial charge in [0.25, 0.3) is 5.91 Å². The van der Waals surface area contributed by atoms with Gasteiger partial charge in [0.05, 0.1) is 12.3 Å². The van der Waals surface area contributed by atoms with Crippen molar-refractivity contribution in [1.29, 1.82) is 0 Å². The van der Waals surface area contributed by atoms with Crippen LogP contribution in [0.1, 0.15) is 33.3 Å². The van der Waals surface area contributed by atoms with Crippen LogP contribution >= 0.6 is 0 Å². The number of anilines is 1. The lowest BCUT2D eigenvalue weighted by atomic mass is 10.1. The number of carbonyl (C=O) groups is 2. The van der Waals surface area contributed by atoms with Crippen LogP contribution in [0.4, 0.5) is 23.2 Å². The zero-order valence-electron chi connectivity index (χ0n) is 19.0. The number of halogens is 4. The maximum absolute atomic E-state index is 14.3. The van der Waals surface area contributed by atoms with Crippen LogP contribution in [0.3, 0.4) is 0 Å². The lowest BCUT2D eigenvalue weighted by Crippen LogP contribution is -2.20. The molecule has 4 rings (SSSR count). The number of aromatic nitrogens is 1. The fourth-order valence-corrected chi connectivity index (χ4v) is 3.79. The molecule has 0 aliphatic carbocycles. The number of esters is 1. The highest BCUT2D eigenvalue weighted by atomic mass is 19.2. The number of amides is 1. The van der Waals surface area contributed by atoms with Gasteiger partial charge in [-0.25, -0.2) is 22.4 Å². The van der Waals surface area contributed by atoms with Crippen LogP contribution in [0.5, 0.6) is 0 Å². The second-order valence-corrected chi connectivity index (χ2v) is 7.78. The molecule has 36 heavy (non-hydrogen) atoms. The summed E-state index contributed by atoms with van der Waals surface area (Å²) in [6.45, 7) is 1.76. The molecule has 0 unspecified atom stereocenters. The molecule has 0 aliphatic heterocycles. The van der Waals surface area contributed by atoms with Gasteiger partial charge < -0.3 is 14.6 Å². The molecule has 5 nitrogen and oxygen atoms in total. The van der Waals surface area contributed by atoms with Gasteiger partial charge in [0.15, 0.2) is 17.3 Å². The molecule has 1 N–H and O–H groups in total. The van der Waals surface area contributed by atoms with Crippen LogP contribution in [-0.4, -0.2) is 23.1 Å². The molecule has 9 heteroatoms. The number of hydrogen-bond acceptors (Lipinski definition) is 3. The molecule has 0 saturated heterocycles. The maximum atomic E-state index is 14.3. The summed E-state index contributed by atoms with van der Waals surface area (Å²) >= 11 is 0. The second kappa shape index (κ2) is 10.5. The van der Waals surface area contributed by atoms with E-state index in [9.17, 15) is 27.2 Å². The summed E-state index contributed by atoms with van der Waals surface area (Å²) in [4.78, 5) is 26.0. The SMILES string of the molecule is CCOC(=O)c1c(NC(=O)c2c(F)ccc(F)c2F)c(-c2cccc(F)c2)cn1Cc1ccccc1. The second-order valence-electron chi connectivity index (χ2n) is 7.78. The van der Waals surface area contributed by atoms with Crippen LogP contribution in [0, 0.1) is 23.3 Å². The van der Waals surface area contributed by atoms with Gasteiger partial charge in [-0.1, -0.05) is 42.5 Å². The van der Waals surface area contributed by atoms with Gasteiger partial charge in [-0.15, -0.1) is 0 Å². The summed E-state index contributed by atoms with van der Waals surface area (Å²) < 4.78 is 63.2. The number of benzene rings is 3. The molecular weight excluding hydrogens is 476 g/mol. The van der Waals surface area contributed by atoms with Gasteiger partial charge in [-0.2, -0.15) is 0 Å². The minimum absolute atomic E-state index is 0.00515. The summed E-state index contributed by atoms with van der Waals surface area (Å²) in [5, 5.41) is 2.34. The Bertz CT molecular complexity index is 1430. The first kappa shape index (κ1) is 24.7. The Hall–Kier alpha value is -4.40. The third kappa shape index (κ3) is 5.00. The fraction of sp³-hybridized carbons (Fsp3) is 0.111. The molecule has 0 saturated carbocycles. The summed E-state index contributed by atoms with van der Waals surface area (Å²) in [5.74, 6) is -7.13. The molecule has 1 amide bonds. The highest BCUT2D eigenvalue weighted by Crippen LogP contribution is 2.35. The lowest BCUT2D eigenvalue weighted by Gasteiger charge is -2.13. The Balaban J connectivity index is 1.91. The van der Waals surface area contributed by atoms with Gasteiger partial charge in [-0.05, 0) is 42.3 Å². The average Bonchev–Trinajstić information content (AvgIpc) is 3.20. The summed E-state index contributed by atoms with van der Waals surface area (Å²) in [7, 11) is 0. The highest BCUT2D eigenvalue weighted by Gasteiger charge is 2.28. The monoisotopic (exact) mass is 496 g/mol. The summed E-state index contributed by atoms with van der Waals surface area (Å²) in [5.41, 5.74) is -0.190. The Morgan fingerprint density at radius 2 is 1.64 bits per heavy atom. The van der Waals surface area contributed by atoms with E-state index in [-0.39, 0.29) is 35.7 Å². The molecule has 0 bridgehead atoms. The summed E-state index contributed by atoms with van der Waals surface area (Å²) in [6, 6.07) is 15.6. The topological polar surface area (TPSA) is 60.3 Å². The van der Waals surface area contributed by atoms with E-state index < -0.39 is 40.7 Å². The molecule has 0 aliphatic rings. The fourth-order valence-electron chi connectivity index (χ4n) is 3.79. The van der Waals surface area contributed by atoms with Crippen LogP contribution in [0.25, 0.3) is 11.1 Å². The van der Waals surface area contributed by atoms with Gasteiger partial charge in [-0.3, -0.25) is 4.79 Å². The number of hydrogen-bond donors (Lipinski definition) is 1. The minimum Gasteiger partial charge on any atom is -0.461 e. The first-order valence-electron chi connectivity index (χ1n) is 10.9. The number of nitrogens with one attached hydrogen (secondary N) is 1. The van der Waals surface area contributed by atoms with E-state index in [1.165, 1.54) is 29.0 Å².